The average molecular weight is 584 g/mol. The zero-order chi connectivity index (χ0) is 32.2. The van der Waals surface area contributed by atoms with Gasteiger partial charge in [0.15, 0.2) is 0 Å². The molecule has 1 amide bonds. The van der Waals surface area contributed by atoms with E-state index in [9.17, 15) is 9.59 Å². The molecule has 6 rings (SSSR count). The van der Waals surface area contributed by atoms with Gasteiger partial charge in [-0.25, -0.2) is 4.79 Å². The Kier molecular flexibility index (Phi) is 13.0. The summed E-state index contributed by atoms with van der Waals surface area (Å²) >= 11 is 0. The van der Waals surface area contributed by atoms with Crippen LogP contribution < -0.4 is 14.4 Å². The lowest BCUT2D eigenvalue weighted by Crippen LogP contribution is -2.47. The summed E-state index contributed by atoms with van der Waals surface area (Å²) in [4.78, 5) is 27.6. The lowest BCUT2D eigenvalue weighted by atomic mass is 9.74. The van der Waals surface area contributed by atoms with Crippen LogP contribution >= 0.6 is 0 Å². The fourth-order valence-corrected chi connectivity index (χ4v) is 5.16. The third-order valence-corrected chi connectivity index (χ3v) is 6.56. The molecular formula is C37H45NO5. The van der Waals surface area contributed by atoms with Crippen molar-refractivity contribution < 1.29 is 23.8 Å². The molecule has 0 saturated heterocycles. The van der Waals surface area contributed by atoms with E-state index < -0.39 is 11.7 Å². The molecule has 4 aromatic rings. The van der Waals surface area contributed by atoms with E-state index in [1.54, 1.807) is 12.1 Å². The molecule has 0 aliphatic carbocycles. The molecule has 6 nitrogen and oxygen atoms in total. The van der Waals surface area contributed by atoms with Crippen molar-refractivity contribution in [2.75, 3.05) is 12.0 Å². The number of hydrogen-bond donors (Lipinski definition) is 0. The molecule has 1 unspecified atom stereocenters. The van der Waals surface area contributed by atoms with Crippen LogP contribution in [0.3, 0.4) is 0 Å². The number of rotatable bonds is 2. The van der Waals surface area contributed by atoms with E-state index in [4.69, 9.17) is 9.47 Å². The second-order valence-corrected chi connectivity index (χ2v) is 8.55. The largest absolute Gasteiger partial charge is 0.513 e. The highest BCUT2D eigenvalue weighted by Gasteiger charge is 2.56. The second-order valence-electron chi connectivity index (χ2n) is 8.55. The maximum absolute atomic E-state index is 14.0. The minimum atomic E-state index is -0.977. The van der Waals surface area contributed by atoms with Gasteiger partial charge in [0.05, 0.1) is 7.11 Å². The minimum Gasteiger partial charge on any atom is -0.456 e. The number of methoxy groups -OCH3 is 1. The van der Waals surface area contributed by atoms with Crippen LogP contribution in [0.1, 0.15) is 88.0 Å². The van der Waals surface area contributed by atoms with Crippen molar-refractivity contribution in [2.24, 2.45) is 0 Å². The lowest BCUT2D eigenvalue weighted by molar-refractivity contribution is 0.0985. The van der Waals surface area contributed by atoms with Crippen molar-refractivity contribution in [3.8, 4) is 17.2 Å². The molecule has 0 saturated carbocycles. The lowest BCUT2D eigenvalue weighted by Gasteiger charge is -2.44. The molecule has 228 valence electrons. The van der Waals surface area contributed by atoms with Gasteiger partial charge in [0.25, 0.3) is 5.91 Å². The zero-order valence-electron chi connectivity index (χ0n) is 27.1. The van der Waals surface area contributed by atoms with Gasteiger partial charge in [-0.15, -0.1) is 0 Å². The summed E-state index contributed by atoms with van der Waals surface area (Å²) in [5.74, 6) is 1.32. The van der Waals surface area contributed by atoms with E-state index in [1.807, 2.05) is 146 Å². The van der Waals surface area contributed by atoms with E-state index in [0.29, 0.717) is 17.1 Å². The summed E-state index contributed by atoms with van der Waals surface area (Å²) < 4.78 is 16.3. The van der Waals surface area contributed by atoms with Gasteiger partial charge in [-0.2, -0.15) is 0 Å². The van der Waals surface area contributed by atoms with Crippen molar-refractivity contribution in [3.05, 3.63) is 119 Å². The molecule has 1 atom stereocenters. The van der Waals surface area contributed by atoms with E-state index in [2.05, 4.69) is 4.74 Å². The van der Waals surface area contributed by atoms with Crippen LogP contribution in [-0.2, 0) is 10.3 Å². The Morgan fingerprint density at radius 3 is 1.88 bits per heavy atom. The van der Waals surface area contributed by atoms with Gasteiger partial charge in [0, 0.05) is 34.0 Å². The number of para-hydroxylation sites is 1. The van der Waals surface area contributed by atoms with Crippen LogP contribution in [0.5, 0.6) is 17.2 Å². The molecule has 0 radical (unpaired) electrons. The standard InChI is InChI=1S/C29H21NO5.4C2H6/c1-18-12-14-23-25(16-18)35-26-17-20(34-28(32)33-2)13-15-24(26)29(23)22-11-7-6-10-21(22)27(31)30(29)19-8-4-3-5-9-19;4*1-2/h3-17H,1-2H3;4*1-2H3. The molecular weight excluding hydrogens is 538 g/mol. The Morgan fingerprint density at radius 1 is 0.698 bits per heavy atom. The number of ether oxygens (including phenoxy) is 3. The summed E-state index contributed by atoms with van der Waals surface area (Å²) in [6, 6.07) is 28.5. The number of aryl methyl sites for hydroxylation is 1. The number of anilines is 1. The van der Waals surface area contributed by atoms with Crippen molar-refractivity contribution in [1.29, 1.82) is 0 Å². The molecule has 0 fully saturated rings. The minimum absolute atomic E-state index is 0.0962. The fourth-order valence-electron chi connectivity index (χ4n) is 5.16. The van der Waals surface area contributed by atoms with Gasteiger partial charge in [0.2, 0.25) is 0 Å². The van der Waals surface area contributed by atoms with Gasteiger partial charge in [-0.05, 0) is 48.9 Å². The first-order valence-electron chi connectivity index (χ1n) is 15.2. The summed E-state index contributed by atoms with van der Waals surface area (Å²) in [7, 11) is 1.25. The van der Waals surface area contributed by atoms with Gasteiger partial charge < -0.3 is 14.2 Å². The number of nitrogens with zero attached hydrogens (tertiary/aromatic N) is 1. The van der Waals surface area contributed by atoms with Gasteiger partial charge >= 0.3 is 6.16 Å². The van der Waals surface area contributed by atoms with Gasteiger partial charge in [-0.1, -0.05) is 104 Å². The normalized spacial score (nSPS) is 14.7. The summed E-state index contributed by atoms with van der Waals surface area (Å²) in [5, 5.41) is 0. The summed E-state index contributed by atoms with van der Waals surface area (Å²) in [6.07, 6.45) is -0.820. The number of fused-ring (bicyclic) bond motifs is 6. The van der Waals surface area contributed by atoms with Crippen molar-refractivity contribution in [3.63, 3.8) is 0 Å². The Morgan fingerprint density at radius 2 is 1.26 bits per heavy atom. The van der Waals surface area contributed by atoms with Crippen molar-refractivity contribution in [1.82, 2.24) is 0 Å². The molecule has 0 bridgehead atoms. The van der Waals surface area contributed by atoms with Crippen LogP contribution in [-0.4, -0.2) is 19.2 Å². The van der Waals surface area contributed by atoms with Crippen LogP contribution in [0.4, 0.5) is 10.5 Å². The summed E-state index contributed by atoms with van der Waals surface area (Å²) in [5.41, 5.74) is 3.94. The van der Waals surface area contributed by atoms with Crippen LogP contribution in [0, 0.1) is 6.92 Å². The number of amides is 1. The smallest absolute Gasteiger partial charge is 0.456 e. The molecule has 6 heteroatoms. The van der Waals surface area contributed by atoms with Crippen LogP contribution in [0.2, 0.25) is 0 Å². The highest BCUT2D eigenvalue weighted by atomic mass is 16.7. The molecule has 43 heavy (non-hydrogen) atoms. The highest BCUT2D eigenvalue weighted by Crippen LogP contribution is 2.58. The third-order valence-electron chi connectivity index (χ3n) is 6.56. The van der Waals surface area contributed by atoms with E-state index >= 15 is 0 Å². The third kappa shape index (κ3) is 6.29. The molecule has 0 aromatic heterocycles. The first kappa shape index (κ1) is 34.6. The SMILES string of the molecule is CC.CC.CC.CC.COC(=O)Oc1ccc2c(c1)Oc1cc(C)ccc1C21c2ccccc2C(=O)N1c1ccccc1. The Bertz CT molecular complexity index is 1500. The molecule has 2 heterocycles. The fraction of sp³-hybridized carbons (Fsp3) is 0.297. The molecule has 0 N–H and O–H groups in total. The second kappa shape index (κ2) is 16.2. The quantitative estimate of drug-likeness (QED) is 0.173. The number of benzene rings is 4. The molecule has 4 aromatic carbocycles. The molecule has 2 aliphatic rings. The number of carbonyl (C=O) groups excluding carboxylic acids is 2. The first-order valence-corrected chi connectivity index (χ1v) is 15.2. The molecule has 1 spiro atoms. The first-order chi connectivity index (χ1) is 21.0. The molecule has 2 aliphatic heterocycles. The number of carbonyl (C=O) groups is 2. The number of hydrogen-bond acceptors (Lipinski definition) is 5. The van der Waals surface area contributed by atoms with Crippen LogP contribution in [0.15, 0.2) is 91.0 Å². The predicted octanol–water partition coefficient (Wildman–Crippen LogP) is 10.3. The average Bonchev–Trinajstić information content (AvgIpc) is 3.33. The predicted molar refractivity (Wildman–Crippen MR) is 176 cm³/mol. The van der Waals surface area contributed by atoms with Gasteiger partial charge in [0.1, 0.15) is 22.8 Å². The highest BCUT2D eigenvalue weighted by molar-refractivity contribution is 6.14. The maximum Gasteiger partial charge on any atom is 0.513 e. The van der Waals surface area contributed by atoms with Crippen molar-refractivity contribution in [2.45, 2.75) is 67.9 Å². The van der Waals surface area contributed by atoms with Crippen molar-refractivity contribution >= 4 is 17.7 Å². The van der Waals surface area contributed by atoms with Crippen LogP contribution in [0.25, 0.3) is 0 Å². The Hall–Kier alpha value is -4.58. The summed E-state index contributed by atoms with van der Waals surface area (Å²) in [6.45, 7) is 18.0. The van der Waals surface area contributed by atoms with E-state index in [0.717, 1.165) is 27.9 Å². The monoisotopic (exact) mass is 583 g/mol. The van der Waals surface area contributed by atoms with E-state index in [1.165, 1.54) is 7.11 Å². The topological polar surface area (TPSA) is 65.1 Å². The Balaban J connectivity index is 0.000000748. The maximum atomic E-state index is 14.0. The van der Waals surface area contributed by atoms with E-state index in [-0.39, 0.29) is 11.7 Å². The zero-order valence-corrected chi connectivity index (χ0v) is 27.1. The Labute approximate surface area is 257 Å². The van der Waals surface area contributed by atoms with Gasteiger partial charge in [-0.3, -0.25) is 9.69 Å².